The van der Waals surface area contributed by atoms with E-state index in [2.05, 4.69) is 68.4 Å². The van der Waals surface area contributed by atoms with Crippen molar-refractivity contribution in [3.8, 4) is 11.8 Å². The average Bonchev–Trinajstić information content (AvgIpc) is 2.81. The molecule has 2 heterocycles. The quantitative estimate of drug-likeness (QED) is 0.233. The summed E-state index contributed by atoms with van der Waals surface area (Å²) in [6, 6.07) is 5.64. The number of nitrogens with zero attached hydrogens (tertiary/aromatic N) is 2. The van der Waals surface area contributed by atoms with Crippen LogP contribution in [-0.2, 0) is 19.7 Å². The summed E-state index contributed by atoms with van der Waals surface area (Å²) in [5, 5.41) is 0. The third-order valence-corrected chi connectivity index (χ3v) is 7.94. The second kappa shape index (κ2) is 12.1. The van der Waals surface area contributed by atoms with Crippen molar-refractivity contribution in [3.63, 3.8) is 0 Å². The van der Waals surface area contributed by atoms with E-state index < -0.39 is 6.04 Å². The molecule has 0 radical (unpaired) electrons. The van der Waals surface area contributed by atoms with E-state index in [1.54, 1.807) is 18.0 Å². The summed E-state index contributed by atoms with van der Waals surface area (Å²) < 4.78 is 5.83. The molecule has 36 heavy (non-hydrogen) atoms. The Morgan fingerprint density at radius 2 is 2.06 bits per heavy atom. The van der Waals surface area contributed by atoms with Crippen LogP contribution in [0.1, 0.15) is 78.4 Å². The fraction of sp³-hybridized carbons (Fsp3) is 0.533. The number of ether oxygens (including phenoxy) is 1. The minimum absolute atomic E-state index is 0.0454. The molecule has 4 atom stereocenters. The Morgan fingerprint density at radius 1 is 1.31 bits per heavy atom. The van der Waals surface area contributed by atoms with Crippen LogP contribution in [0, 0.1) is 29.6 Å². The number of thioether (sulfide) groups is 1. The van der Waals surface area contributed by atoms with Crippen LogP contribution in [0.25, 0.3) is 0 Å². The number of aliphatic imine (C=N–C) groups is 2. The van der Waals surface area contributed by atoms with Gasteiger partial charge in [-0.3, -0.25) is 14.8 Å². The first kappa shape index (κ1) is 27.9. The number of benzene rings is 1. The predicted octanol–water partition coefficient (Wildman–Crippen LogP) is 6.39. The molecule has 0 N–H and O–H groups in total. The van der Waals surface area contributed by atoms with Crippen molar-refractivity contribution in [1.29, 1.82) is 0 Å². The minimum Gasteiger partial charge on any atom is -0.449 e. The van der Waals surface area contributed by atoms with E-state index in [0.29, 0.717) is 18.5 Å². The zero-order chi connectivity index (χ0) is 26.5. The maximum absolute atomic E-state index is 12.6. The number of Topliss-reactive ketones (excluding diaryl/α,β-unsaturated/α-hetero) is 1. The Balaban J connectivity index is 1.72. The molecule has 192 valence electrons. The number of carbonyl (C=O) groups is 2. The van der Waals surface area contributed by atoms with Gasteiger partial charge in [0.1, 0.15) is 17.5 Å². The molecule has 0 aromatic heterocycles. The lowest BCUT2D eigenvalue weighted by Crippen LogP contribution is -2.35. The number of fused-ring (bicyclic) bond motifs is 1. The van der Waals surface area contributed by atoms with Crippen LogP contribution in [0.3, 0.4) is 0 Å². The fourth-order valence-corrected chi connectivity index (χ4v) is 6.10. The molecule has 3 rings (SSSR count). The molecule has 0 amide bonds. The van der Waals surface area contributed by atoms with Gasteiger partial charge in [0.2, 0.25) is 0 Å². The largest absolute Gasteiger partial charge is 0.449 e. The zero-order valence-electron chi connectivity index (χ0n) is 22.3. The van der Waals surface area contributed by atoms with Gasteiger partial charge in [0.15, 0.2) is 5.44 Å². The van der Waals surface area contributed by atoms with Crippen LogP contribution < -0.4 is 0 Å². The predicted molar refractivity (Wildman–Crippen MR) is 149 cm³/mol. The highest BCUT2D eigenvalue weighted by Gasteiger charge is 2.37. The number of carbonyl (C=O) groups excluding carboxylic acids is 2. The van der Waals surface area contributed by atoms with E-state index in [-0.39, 0.29) is 40.4 Å². The Hall–Kier alpha value is -2.65. The van der Waals surface area contributed by atoms with Gasteiger partial charge in [0, 0.05) is 29.5 Å². The highest BCUT2D eigenvalue weighted by molar-refractivity contribution is 7.99. The lowest BCUT2D eigenvalue weighted by molar-refractivity contribution is -0.148. The standard InChI is InChI=1S/C30H38N2O3S/c1-8-9-10-25(33)23-18-32-22(15-20(23)4)13-11-21-12-14-26-24(16-21)30(5,6)17-27(36-26)35-29(34)28(31-7)19(2)3/h12,14-16,18-20,23,27-28H,7-10,17H2,1-6H3. The van der Waals surface area contributed by atoms with Gasteiger partial charge in [0.05, 0.1) is 5.92 Å². The molecule has 0 spiro atoms. The summed E-state index contributed by atoms with van der Waals surface area (Å²) in [6.07, 6.45) is 7.03. The zero-order valence-corrected chi connectivity index (χ0v) is 23.2. The highest BCUT2D eigenvalue weighted by atomic mass is 32.2. The first-order valence-corrected chi connectivity index (χ1v) is 13.7. The van der Waals surface area contributed by atoms with Crippen molar-refractivity contribution in [2.24, 2.45) is 27.7 Å². The van der Waals surface area contributed by atoms with Crippen molar-refractivity contribution in [1.82, 2.24) is 0 Å². The van der Waals surface area contributed by atoms with Gasteiger partial charge in [0.25, 0.3) is 0 Å². The molecule has 0 bridgehead atoms. The van der Waals surface area contributed by atoms with E-state index in [0.717, 1.165) is 23.3 Å². The van der Waals surface area contributed by atoms with Gasteiger partial charge in [-0.2, -0.15) is 0 Å². The van der Waals surface area contributed by atoms with Crippen LogP contribution in [0.15, 0.2) is 44.9 Å². The lowest BCUT2D eigenvalue weighted by Gasteiger charge is -2.37. The van der Waals surface area contributed by atoms with Crippen LogP contribution in [-0.4, -0.2) is 36.2 Å². The molecule has 1 aromatic rings. The number of hydrogen-bond donors (Lipinski definition) is 0. The van der Waals surface area contributed by atoms with E-state index in [4.69, 9.17) is 4.74 Å². The van der Waals surface area contributed by atoms with Crippen LogP contribution in [0.5, 0.6) is 0 Å². The van der Waals surface area contributed by atoms with Gasteiger partial charge >= 0.3 is 5.97 Å². The maximum Gasteiger partial charge on any atom is 0.332 e. The van der Waals surface area contributed by atoms with Gasteiger partial charge in [-0.1, -0.05) is 65.6 Å². The highest BCUT2D eigenvalue weighted by Crippen LogP contribution is 2.46. The van der Waals surface area contributed by atoms with Crippen LogP contribution >= 0.6 is 11.8 Å². The third kappa shape index (κ3) is 6.76. The molecule has 2 aliphatic rings. The number of ketones is 1. The second-order valence-electron chi connectivity index (χ2n) is 10.7. The van der Waals surface area contributed by atoms with Gasteiger partial charge in [-0.15, -0.1) is 0 Å². The van der Waals surface area contributed by atoms with Crippen molar-refractivity contribution < 1.29 is 14.3 Å². The van der Waals surface area contributed by atoms with Crippen molar-refractivity contribution in [3.05, 3.63) is 41.1 Å². The number of hydrogen-bond acceptors (Lipinski definition) is 6. The second-order valence-corrected chi connectivity index (χ2v) is 11.9. The summed E-state index contributed by atoms with van der Waals surface area (Å²) in [6.45, 7) is 15.9. The van der Waals surface area contributed by atoms with E-state index >= 15 is 0 Å². The van der Waals surface area contributed by atoms with Gasteiger partial charge in [-0.25, -0.2) is 4.79 Å². The normalized spacial score (nSPS) is 23.1. The third-order valence-electron chi connectivity index (χ3n) is 6.81. The monoisotopic (exact) mass is 506 g/mol. The van der Waals surface area contributed by atoms with E-state index in [1.165, 1.54) is 5.56 Å². The summed E-state index contributed by atoms with van der Waals surface area (Å²) in [4.78, 5) is 34.5. The molecule has 0 saturated heterocycles. The van der Waals surface area contributed by atoms with E-state index in [1.807, 2.05) is 26.0 Å². The Morgan fingerprint density at radius 3 is 2.69 bits per heavy atom. The van der Waals surface area contributed by atoms with Crippen LogP contribution in [0.2, 0.25) is 0 Å². The smallest absolute Gasteiger partial charge is 0.332 e. The number of unbranched alkanes of at least 4 members (excludes halogenated alkanes) is 1. The molecule has 1 aromatic carbocycles. The first-order chi connectivity index (χ1) is 17.1. The Labute approximate surface area is 220 Å². The van der Waals surface area contributed by atoms with Crippen molar-refractivity contribution in [2.75, 3.05) is 0 Å². The molecule has 4 unspecified atom stereocenters. The van der Waals surface area contributed by atoms with Crippen molar-refractivity contribution in [2.45, 2.75) is 89.0 Å². The average molecular weight is 507 g/mol. The molecule has 5 nitrogen and oxygen atoms in total. The molecule has 6 heteroatoms. The number of esters is 1. The van der Waals surface area contributed by atoms with Gasteiger partial charge in [-0.05, 0) is 66.1 Å². The molecule has 0 aliphatic carbocycles. The molecular formula is C30H38N2O3S. The first-order valence-electron chi connectivity index (χ1n) is 12.8. The minimum atomic E-state index is -0.544. The van der Waals surface area contributed by atoms with Crippen molar-refractivity contribution >= 4 is 36.4 Å². The summed E-state index contributed by atoms with van der Waals surface area (Å²) in [5.74, 6) is 6.37. The molecule has 0 saturated carbocycles. The number of allylic oxidation sites excluding steroid dienone is 2. The lowest BCUT2D eigenvalue weighted by atomic mass is 9.80. The van der Waals surface area contributed by atoms with Crippen LogP contribution in [0.4, 0.5) is 0 Å². The molecule has 0 fully saturated rings. The van der Waals surface area contributed by atoms with E-state index in [9.17, 15) is 9.59 Å². The number of rotatable bonds is 8. The SMILES string of the molecule is C=NC(C(=O)OC1CC(C)(C)c2cc(C#CC3=CC(C)C(C(=O)CCCC)C=N3)ccc2S1)C(C)C. The Bertz CT molecular complexity index is 1120. The Kier molecular flexibility index (Phi) is 9.35. The summed E-state index contributed by atoms with van der Waals surface area (Å²) in [5.41, 5.74) is 2.37. The topological polar surface area (TPSA) is 68.1 Å². The maximum atomic E-state index is 12.6. The molecule has 2 aliphatic heterocycles. The molecular weight excluding hydrogens is 468 g/mol. The van der Waals surface area contributed by atoms with Gasteiger partial charge < -0.3 is 4.74 Å². The summed E-state index contributed by atoms with van der Waals surface area (Å²) in [7, 11) is 0. The fourth-order valence-electron chi connectivity index (χ4n) is 4.57. The summed E-state index contributed by atoms with van der Waals surface area (Å²) >= 11 is 1.57.